The first-order valence-electron chi connectivity index (χ1n) is 5.91. The second kappa shape index (κ2) is 5.35. The fourth-order valence-corrected chi connectivity index (χ4v) is 1.75. The third-order valence-corrected chi connectivity index (χ3v) is 3.06. The molecule has 1 aromatic carbocycles. The van der Waals surface area contributed by atoms with Gasteiger partial charge in [0.1, 0.15) is 11.6 Å². The Kier molecular flexibility index (Phi) is 3.81. The van der Waals surface area contributed by atoms with E-state index in [1.165, 1.54) is 19.2 Å². The molecule has 5 heteroatoms. The highest BCUT2D eigenvalue weighted by Gasteiger charge is 2.29. The van der Waals surface area contributed by atoms with Crippen LogP contribution in [0.15, 0.2) is 18.2 Å². The van der Waals surface area contributed by atoms with Crippen LogP contribution >= 0.6 is 0 Å². The summed E-state index contributed by atoms with van der Waals surface area (Å²) in [6, 6.07) is 4.05. The molecule has 0 heterocycles. The molecule has 0 aromatic heterocycles. The summed E-state index contributed by atoms with van der Waals surface area (Å²) in [5.41, 5.74) is -0.0428. The third kappa shape index (κ3) is 2.98. The van der Waals surface area contributed by atoms with Crippen LogP contribution in [0.5, 0.6) is 5.75 Å². The van der Waals surface area contributed by atoms with E-state index in [4.69, 9.17) is 4.74 Å². The molecular formula is C13H16FNO3. The van der Waals surface area contributed by atoms with Crippen LogP contribution in [-0.2, 0) is 0 Å². The maximum absolute atomic E-state index is 13.6. The zero-order valence-electron chi connectivity index (χ0n) is 10.1. The summed E-state index contributed by atoms with van der Waals surface area (Å²) in [6.07, 6.45) is 1.46. The van der Waals surface area contributed by atoms with E-state index in [0.717, 1.165) is 18.9 Å². The minimum atomic E-state index is -0.632. The highest BCUT2D eigenvalue weighted by Crippen LogP contribution is 2.32. The molecule has 1 aliphatic rings. The predicted octanol–water partition coefficient (Wildman–Crippen LogP) is 1.33. The average Bonchev–Trinajstić information content (AvgIpc) is 3.19. The van der Waals surface area contributed by atoms with Crippen molar-refractivity contribution in [1.82, 2.24) is 5.32 Å². The Labute approximate surface area is 105 Å². The molecule has 1 fully saturated rings. The van der Waals surface area contributed by atoms with E-state index in [2.05, 4.69) is 5.32 Å². The highest BCUT2D eigenvalue weighted by atomic mass is 19.1. The van der Waals surface area contributed by atoms with Gasteiger partial charge in [-0.25, -0.2) is 4.39 Å². The number of rotatable bonds is 5. The third-order valence-electron chi connectivity index (χ3n) is 3.06. The predicted molar refractivity (Wildman–Crippen MR) is 64.0 cm³/mol. The Morgan fingerprint density at radius 3 is 2.89 bits per heavy atom. The van der Waals surface area contributed by atoms with Gasteiger partial charge >= 0.3 is 0 Å². The molecule has 1 aliphatic carbocycles. The standard InChI is InChI=1S/C13H16FNO3/c1-18-9-4-5-10(11(14)6-9)13(17)15-7-12(16)8-2-3-8/h4-6,8,12,16H,2-3,7H2,1H3,(H,15,17). The quantitative estimate of drug-likeness (QED) is 0.832. The van der Waals surface area contributed by atoms with Crippen LogP contribution in [0.25, 0.3) is 0 Å². The SMILES string of the molecule is COc1ccc(C(=O)NCC(O)C2CC2)c(F)c1. The normalized spacial score (nSPS) is 16.2. The van der Waals surface area contributed by atoms with E-state index in [1.54, 1.807) is 0 Å². The van der Waals surface area contributed by atoms with Crippen LogP contribution in [0.1, 0.15) is 23.2 Å². The summed E-state index contributed by atoms with van der Waals surface area (Å²) in [4.78, 5) is 11.7. The van der Waals surface area contributed by atoms with Gasteiger partial charge in [-0.05, 0) is 30.9 Å². The van der Waals surface area contributed by atoms with Crippen molar-refractivity contribution in [2.75, 3.05) is 13.7 Å². The number of carbonyl (C=O) groups excluding carboxylic acids is 1. The van der Waals surface area contributed by atoms with Gasteiger partial charge in [-0.1, -0.05) is 0 Å². The lowest BCUT2D eigenvalue weighted by Crippen LogP contribution is -2.33. The van der Waals surface area contributed by atoms with E-state index in [1.807, 2.05) is 0 Å². The molecule has 0 spiro atoms. The molecule has 1 unspecified atom stereocenters. The Morgan fingerprint density at radius 1 is 1.61 bits per heavy atom. The summed E-state index contributed by atoms with van der Waals surface area (Å²) < 4.78 is 18.4. The summed E-state index contributed by atoms with van der Waals surface area (Å²) in [7, 11) is 1.43. The van der Waals surface area contributed by atoms with Crippen LogP contribution in [0.3, 0.4) is 0 Å². The monoisotopic (exact) mass is 253 g/mol. The molecule has 2 N–H and O–H groups in total. The van der Waals surface area contributed by atoms with Crippen LogP contribution in [0.4, 0.5) is 4.39 Å². The van der Waals surface area contributed by atoms with Gasteiger partial charge in [0.05, 0.1) is 18.8 Å². The molecule has 1 amide bonds. The molecule has 1 saturated carbocycles. The van der Waals surface area contributed by atoms with Gasteiger partial charge in [0.2, 0.25) is 0 Å². The van der Waals surface area contributed by atoms with Crippen LogP contribution < -0.4 is 10.1 Å². The Morgan fingerprint density at radius 2 is 2.33 bits per heavy atom. The number of hydrogen-bond donors (Lipinski definition) is 2. The molecule has 98 valence electrons. The minimum Gasteiger partial charge on any atom is -0.497 e. The number of aliphatic hydroxyl groups excluding tert-OH is 1. The molecule has 0 bridgehead atoms. The van der Waals surface area contributed by atoms with Gasteiger partial charge in [0, 0.05) is 12.6 Å². The number of benzene rings is 1. The maximum atomic E-state index is 13.6. The van der Waals surface area contributed by atoms with Crippen molar-refractivity contribution in [3.8, 4) is 5.75 Å². The van der Waals surface area contributed by atoms with Crippen molar-refractivity contribution in [3.63, 3.8) is 0 Å². The van der Waals surface area contributed by atoms with E-state index < -0.39 is 17.8 Å². The number of carbonyl (C=O) groups is 1. The summed E-state index contributed by atoms with van der Waals surface area (Å²) in [6.45, 7) is 0.162. The topological polar surface area (TPSA) is 58.6 Å². The van der Waals surface area contributed by atoms with E-state index in [9.17, 15) is 14.3 Å². The second-order valence-electron chi connectivity index (χ2n) is 4.46. The number of methoxy groups -OCH3 is 1. The van der Waals surface area contributed by atoms with Crippen LogP contribution in [-0.4, -0.2) is 30.8 Å². The van der Waals surface area contributed by atoms with Crippen molar-refractivity contribution in [2.45, 2.75) is 18.9 Å². The van der Waals surface area contributed by atoms with Crippen molar-refractivity contribution < 1.29 is 19.0 Å². The molecule has 1 aromatic rings. The van der Waals surface area contributed by atoms with Gasteiger partial charge in [-0.15, -0.1) is 0 Å². The molecule has 0 radical (unpaired) electrons. The Balaban J connectivity index is 1.95. The first-order chi connectivity index (χ1) is 8.61. The van der Waals surface area contributed by atoms with Crippen molar-refractivity contribution >= 4 is 5.91 Å². The number of hydrogen-bond acceptors (Lipinski definition) is 3. The fraction of sp³-hybridized carbons (Fsp3) is 0.462. The van der Waals surface area contributed by atoms with Gasteiger partial charge < -0.3 is 15.2 Å². The number of nitrogens with one attached hydrogen (secondary N) is 1. The molecule has 0 aliphatic heterocycles. The van der Waals surface area contributed by atoms with Gasteiger partial charge in [0.15, 0.2) is 0 Å². The van der Waals surface area contributed by atoms with E-state index in [0.29, 0.717) is 5.75 Å². The van der Waals surface area contributed by atoms with Crippen molar-refractivity contribution in [1.29, 1.82) is 0 Å². The first kappa shape index (κ1) is 12.8. The largest absolute Gasteiger partial charge is 0.497 e. The van der Waals surface area contributed by atoms with Gasteiger partial charge in [-0.2, -0.15) is 0 Å². The molecule has 1 atom stereocenters. The molecular weight excluding hydrogens is 237 g/mol. The number of ether oxygens (including phenoxy) is 1. The lowest BCUT2D eigenvalue weighted by Gasteiger charge is -2.11. The molecule has 2 rings (SSSR count). The summed E-state index contributed by atoms with van der Waals surface area (Å²) in [5.74, 6) is -0.504. The number of halogens is 1. The van der Waals surface area contributed by atoms with Gasteiger partial charge in [0.25, 0.3) is 5.91 Å². The maximum Gasteiger partial charge on any atom is 0.254 e. The molecule has 0 saturated heterocycles. The average molecular weight is 253 g/mol. The Bertz CT molecular complexity index is 446. The van der Waals surface area contributed by atoms with Crippen molar-refractivity contribution in [2.24, 2.45) is 5.92 Å². The smallest absolute Gasteiger partial charge is 0.254 e. The van der Waals surface area contributed by atoms with Crippen LogP contribution in [0, 0.1) is 11.7 Å². The summed E-state index contributed by atoms with van der Waals surface area (Å²) >= 11 is 0. The van der Waals surface area contributed by atoms with Crippen LogP contribution in [0.2, 0.25) is 0 Å². The minimum absolute atomic E-state index is 0.0428. The van der Waals surface area contributed by atoms with Crippen molar-refractivity contribution in [3.05, 3.63) is 29.6 Å². The lowest BCUT2D eigenvalue weighted by molar-refractivity contribution is 0.0897. The fourth-order valence-electron chi connectivity index (χ4n) is 1.75. The first-order valence-corrected chi connectivity index (χ1v) is 5.91. The van der Waals surface area contributed by atoms with E-state index >= 15 is 0 Å². The second-order valence-corrected chi connectivity index (χ2v) is 4.46. The van der Waals surface area contributed by atoms with E-state index in [-0.39, 0.29) is 18.0 Å². The van der Waals surface area contributed by atoms with Gasteiger partial charge in [-0.3, -0.25) is 4.79 Å². The highest BCUT2D eigenvalue weighted by molar-refractivity contribution is 5.94. The lowest BCUT2D eigenvalue weighted by atomic mass is 10.1. The number of amides is 1. The molecule has 4 nitrogen and oxygen atoms in total. The number of aliphatic hydroxyl groups is 1. The molecule has 18 heavy (non-hydrogen) atoms. The zero-order chi connectivity index (χ0) is 13.1. The Hall–Kier alpha value is -1.62. The summed E-state index contributed by atoms with van der Waals surface area (Å²) in [5, 5.41) is 12.1. The zero-order valence-corrected chi connectivity index (χ0v) is 10.1.